The number of rotatable bonds is 2. The van der Waals surface area contributed by atoms with E-state index in [1.165, 1.54) is 0 Å². The van der Waals surface area contributed by atoms with Crippen molar-refractivity contribution in [1.82, 2.24) is 4.57 Å². The summed E-state index contributed by atoms with van der Waals surface area (Å²) in [7, 11) is 0. The molecule has 3 rings (SSSR count). The van der Waals surface area contributed by atoms with Crippen molar-refractivity contribution in [3.8, 4) is 16.1 Å². The first-order chi connectivity index (χ1) is 9.27. The molecule has 0 saturated carbocycles. The van der Waals surface area contributed by atoms with Gasteiger partial charge in [-0.3, -0.25) is 4.57 Å². The minimum atomic E-state index is 0.701. The lowest BCUT2D eigenvalue weighted by atomic mass is 10.2. The van der Waals surface area contributed by atoms with Crippen LogP contribution >= 0.6 is 23.6 Å². The van der Waals surface area contributed by atoms with Crippen LogP contribution in [0.4, 0.5) is 5.82 Å². The van der Waals surface area contributed by atoms with Crippen LogP contribution in [0.5, 0.6) is 0 Å². The highest BCUT2D eigenvalue weighted by molar-refractivity contribution is 7.73. The van der Waals surface area contributed by atoms with E-state index < -0.39 is 0 Å². The van der Waals surface area contributed by atoms with Crippen LogP contribution in [0.15, 0.2) is 60.7 Å². The van der Waals surface area contributed by atoms with E-state index in [4.69, 9.17) is 18.0 Å². The molecule has 1 heterocycles. The molecule has 2 N–H and O–H groups in total. The maximum absolute atomic E-state index is 6.27. The zero-order valence-corrected chi connectivity index (χ0v) is 11.7. The average molecular weight is 284 g/mol. The maximum Gasteiger partial charge on any atom is 0.167 e. The molecule has 0 aliphatic heterocycles. The number of benzene rings is 2. The molecular weight excluding hydrogens is 272 g/mol. The summed E-state index contributed by atoms with van der Waals surface area (Å²) in [6.45, 7) is 0. The van der Waals surface area contributed by atoms with E-state index >= 15 is 0 Å². The predicted molar refractivity (Wildman–Crippen MR) is 84.3 cm³/mol. The average Bonchev–Trinajstić information content (AvgIpc) is 2.76. The Balaban J connectivity index is 2.20. The predicted octanol–water partition coefficient (Wildman–Crippen LogP) is 4.52. The van der Waals surface area contributed by atoms with Gasteiger partial charge in [-0.15, -0.1) is 11.3 Å². The Hall–Kier alpha value is -1.91. The Kier molecular flexibility index (Phi) is 3.19. The van der Waals surface area contributed by atoms with E-state index in [1.807, 2.05) is 65.2 Å². The Morgan fingerprint density at radius 3 is 2.11 bits per heavy atom. The van der Waals surface area contributed by atoms with Gasteiger partial charge in [0.05, 0.1) is 4.88 Å². The first-order valence-electron chi connectivity index (χ1n) is 5.89. The number of nitrogen functional groups attached to an aromatic ring is 1. The van der Waals surface area contributed by atoms with E-state index in [2.05, 4.69) is 0 Å². The molecule has 94 valence electrons. The van der Waals surface area contributed by atoms with Gasteiger partial charge in [-0.1, -0.05) is 48.5 Å². The topological polar surface area (TPSA) is 30.9 Å². The molecule has 3 aromatic rings. The molecule has 0 aliphatic rings. The van der Waals surface area contributed by atoms with Gasteiger partial charge in [-0.05, 0) is 29.9 Å². The Labute approximate surface area is 120 Å². The highest BCUT2D eigenvalue weighted by Gasteiger charge is 2.12. The van der Waals surface area contributed by atoms with Gasteiger partial charge in [0.2, 0.25) is 0 Å². The second kappa shape index (κ2) is 4.99. The zero-order valence-electron chi connectivity index (χ0n) is 10.1. The van der Waals surface area contributed by atoms with Crippen LogP contribution in [0.2, 0.25) is 0 Å². The van der Waals surface area contributed by atoms with Gasteiger partial charge in [0.1, 0.15) is 5.82 Å². The van der Waals surface area contributed by atoms with Crippen LogP contribution in [0, 0.1) is 3.95 Å². The minimum Gasteiger partial charge on any atom is -0.384 e. The van der Waals surface area contributed by atoms with E-state index in [9.17, 15) is 0 Å². The molecule has 4 heteroatoms. The van der Waals surface area contributed by atoms with Crippen LogP contribution in [0.1, 0.15) is 0 Å². The summed E-state index contributed by atoms with van der Waals surface area (Å²) < 4.78 is 2.69. The zero-order chi connectivity index (χ0) is 13.2. The molecule has 0 unspecified atom stereocenters. The number of para-hydroxylation sites is 1. The molecule has 1 aromatic heterocycles. The lowest BCUT2D eigenvalue weighted by Crippen LogP contribution is -2.00. The summed E-state index contributed by atoms with van der Waals surface area (Å²) in [5, 5.41) is 0. The molecule has 2 nitrogen and oxygen atoms in total. The third-order valence-electron chi connectivity index (χ3n) is 2.90. The van der Waals surface area contributed by atoms with E-state index in [0.29, 0.717) is 5.82 Å². The summed E-state index contributed by atoms with van der Waals surface area (Å²) in [6, 6.07) is 20.1. The molecule has 0 radical (unpaired) electrons. The second-order valence-electron chi connectivity index (χ2n) is 4.12. The molecule has 0 bridgehead atoms. The van der Waals surface area contributed by atoms with Gasteiger partial charge in [0, 0.05) is 5.69 Å². The lowest BCUT2D eigenvalue weighted by molar-refractivity contribution is 1.09. The van der Waals surface area contributed by atoms with Gasteiger partial charge < -0.3 is 5.73 Å². The van der Waals surface area contributed by atoms with E-state index in [1.54, 1.807) is 11.3 Å². The van der Waals surface area contributed by atoms with Crippen LogP contribution in [0.25, 0.3) is 16.1 Å². The van der Waals surface area contributed by atoms with Crippen molar-refractivity contribution in [2.24, 2.45) is 0 Å². The fourth-order valence-electron chi connectivity index (χ4n) is 2.00. The van der Waals surface area contributed by atoms with Crippen molar-refractivity contribution < 1.29 is 0 Å². The molecule has 0 aliphatic carbocycles. The van der Waals surface area contributed by atoms with Gasteiger partial charge >= 0.3 is 0 Å². The summed E-state index contributed by atoms with van der Waals surface area (Å²) in [5.41, 5.74) is 8.38. The van der Waals surface area contributed by atoms with Crippen molar-refractivity contribution >= 4 is 29.4 Å². The van der Waals surface area contributed by atoms with Gasteiger partial charge in [0.25, 0.3) is 0 Å². The third-order valence-corrected chi connectivity index (χ3v) is 4.33. The number of aromatic nitrogens is 1. The molecule has 0 spiro atoms. The Morgan fingerprint density at radius 2 is 1.47 bits per heavy atom. The molecule has 0 atom stereocenters. The number of thiazole rings is 1. The highest BCUT2D eigenvalue weighted by atomic mass is 32.1. The van der Waals surface area contributed by atoms with Gasteiger partial charge in [-0.2, -0.15) is 0 Å². The number of nitrogens with zero attached hydrogens (tertiary/aromatic N) is 1. The number of hydrogen-bond donors (Lipinski definition) is 1. The fourth-order valence-corrected chi connectivity index (χ4v) is 3.38. The standard InChI is InChI=1S/C15H12N2S2/c16-14-13(11-7-3-1-4-8-11)19-15(18)17(14)12-9-5-2-6-10-12/h1-10H,16H2. The van der Waals surface area contributed by atoms with Crippen molar-refractivity contribution in [3.63, 3.8) is 0 Å². The van der Waals surface area contributed by atoms with Crippen LogP contribution in [-0.4, -0.2) is 4.57 Å². The fraction of sp³-hybridized carbons (Fsp3) is 0. The monoisotopic (exact) mass is 284 g/mol. The minimum absolute atomic E-state index is 0.701. The molecular formula is C15H12N2S2. The first kappa shape index (κ1) is 12.1. The largest absolute Gasteiger partial charge is 0.384 e. The van der Waals surface area contributed by atoms with Crippen molar-refractivity contribution in [2.45, 2.75) is 0 Å². The van der Waals surface area contributed by atoms with Crippen molar-refractivity contribution in [1.29, 1.82) is 0 Å². The Bertz CT molecular complexity index is 743. The molecule has 19 heavy (non-hydrogen) atoms. The van der Waals surface area contributed by atoms with Crippen LogP contribution in [-0.2, 0) is 0 Å². The maximum atomic E-state index is 6.27. The van der Waals surface area contributed by atoms with Crippen LogP contribution in [0.3, 0.4) is 0 Å². The summed E-state index contributed by atoms with van der Waals surface area (Å²) in [5.74, 6) is 0.701. The summed E-state index contributed by atoms with van der Waals surface area (Å²) in [4.78, 5) is 1.02. The smallest absolute Gasteiger partial charge is 0.167 e. The first-order valence-corrected chi connectivity index (χ1v) is 7.12. The van der Waals surface area contributed by atoms with E-state index in [-0.39, 0.29) is 0 Å². The number of hydrogen-bond acceptors (Lipinski definition) is 3. The molecule has 0 amide bonds. The normalized spacial score (nSPS) is 10.5. The summed E-state index contributed by atoms with van der Waals surface area (Å²) >= 11 is 6.99. The molecule has 0 fully saturated rings. The van der Waals surface area contributed by atoms with Gasteiger partial charge in [0.15, 0.2) is 3.95 Å². The number of anilines is 1. The van der Waals surface area contributed by atoms with Crippen molar-refractivity contribution in [2.75, 3.05) is 5.73 Å². The lowest BCUT2D eigenvalue weighted by Gasteiger charge is -2.06. The number of nitrogens with two attached hydrogens (primary N) is 1. The SMILES string of the molecule is Nc1c(-c2ccccc2)sc(=S)n1-c1ccccc1. The highest BCUT2D eigenvalue weighted by Crippen LogP contribution is 2.34. The second-order valence-corrected chi connectivity index (χ2v) is 5.76. The quantitative estimate of drug-likeness (QED) is 0.702. The van der Waals surface area contributed by atoms with E-state index in [0.717, 1.165) is 20.1 Å². The Morgan fingerprint density at radius 1 is 0.895 bits per heavy atom. The van der Waals surface area contributed by atoms with Gasteiger partial charge in [-0.25, -0.2) is 0 Å². The van der Waals surface area contributed by atoms with Crippen molar-refractivity contribution in [3.05, 3.63) is 64.6 Å². The van der Waals surface area contributed by atoms with Crippen LogP contribution < -0.4 is 5.73 Å². The third kappa shape index (κ3) is 2.20. The molecule has 2 aromatic carbocycles. The summed E-state index contributed by atoms with van der Waals surface area (Å²) in [6.07, 6.45) is 0. The molecule has 0 saturated heterocycles.